The van der Waals surface area contributed by atoms with Crippen molar-refractivity contribution in [2.24, 2.45) is 11.8 Å². The average Bonchev–Trinajstić information content (AvgIpc) is 2.68. The summed E-state index contributed by atoms with van der Waals surface area (Å²) >= 11 is 0. The molecule has 0 spiro atoms. The van der Waals surface area contributed by atoms with Crippen LogP contribution in [0.2, 0.25) is 0 Å². The Balaban J connectivity index is 1.56. The first-order valence-corrected chi connectivity index (χ1v) is 9.74. The van der Waals surface area contributed by atoms with E-state index in [4.69, 9.17) is 0 Å². The lowest BCUT2D eigenvalue weighted by molar-refractivity contribution is 0.206. The maximum Gasteiger partial charge on any atom is 0.160 e. The standard InChI is InChI=1S/C24H24F2/c1-2-16-5-10-21-19(13-16)8-9-20-14-17(6-11-22(20)21)3-4-18-7-12-23(25)24(26)15-18/h6-7,11-12,14-16,19,21H,2,5,8-10,13H2,1H3. The highest BCUT2D eigenvalue weighted by atomic mass is 19.2. The minimum atomic E-state index is -0.851. The van der Waals surface area contributed by atoms with Gasteiger partial charge in [-0.15, -0.1) is 0 Å². The normalized spacial score (nSPS) is 24.2. The molecule has 3 atom stereocenters. The number of halogens is 2. The molecular weight excluding hydrogens is 326 g/mol. The molecule has 4 rings (SSSR count). The van der Waals surface area contributed by atoms with E-state index >= 15 is 0 Å². The fourth-order valence-corrected chi connectivity index (χ4v) is 4.78. The van der Waals surface area contributed by atoms with Crippen molar-refractivity contribution in [1.29, 1.82) is 0 Å². The Morgan fingerprint density at radius 3 is 2.46 bits per heavy atom. The van der Waals surface area contributed by atoms with E-state index in [0.29, 0.717) is 5.56 Å². The largest absolute Gasteiger partial charge is 0.204 e. The Bertz CT molecular complexity index is 872. The van der Waals surface area contributed by atoms with Crippen molar-refractivity contribution in [3.63, 3.8) is 0 Å². The van der Waals surface area contributed by atoms with Gasteiger partial charge in [-0.1, -0.05) is 31.3 Å². The summed E-state index contributed by atoms with van der Waals surface area (Å²) in [6.45, 7) is 2.32. The highest BCUT2D eigenvalue weighted by Gasteiger charge is 2.34. The Kier molecular flexibility index (Phi) is 4.81. The molecule has 134 valence electrons. The van der Waals surface area contributed by atoms with E-state index in [9.17, 15) is 8.78 Å². The number of fused-ring (bicyclic) bond motifs is 3. The van der Waals surface area contributed by atoms with Crippen LogP contribution in [-0.2, 0) is 6.42 Å². The number of hydrogen-bond donors (Lipinski definition) is 0. The van der Waals surface area contributed by atoms with Gasteiger partial charge < -0.3 is 0 Å². The fraction of sp³-hybridized carbons (Fsp3) is 0.417. The second-order valence-corrected chi connectivity index (χ2v) is 7.79. The van der Waals surface area contributed by atoms with Gasteiger partial charge >= 0.3 is 0 Å². The molecule has 0 bridgehead atoms. The molecule has 0 N–H and O–H groups in total. The van der Waals surface area contributed by atoms with Crippen molar-refractivity contribution in [2.45, 2.75) is 51.4 Å². The maximum absolute atomic E-state index is 13.3. The second-order valence-electron chi connectivity index (χ2n) is 7.79. The van der Waals surface area contributed by atoms with E-state index in [1.165, 1.54) is 49.3 Å². The van der Waals surface area contributed by atoms with Crippen LogP contribution in [0, 0.1) is 35.3 Å². The van der Waals surface area contributed by atoms with Crippen LogP contribution >= 0.6 is 0 Å². The van der Waals surface area contributed by atoms with Crippen LogP contribution < -0.4 is 0 Å². The number of rotatable bonds is 1. The van der Waals surface area contributed by atoms with Crippen LogP contribution in [0.3, 0.4) is 0 Å². The zero-order valence-corrected chi connectivity index (χ0v) is 15.2. The van der Waals surface area contributed by atoms with Gasteiger partial charge in [0.05, 0.1) is 0 Å². The Morgan fingerprint density at radius 2 is 1.69 bits per heavy atom. The second kappa shape index (κ2) is 7.23. The lowest BCUT2D eigenvalue weighted by Gasteiger charge is -2.40. The zero-order valence-electron chi connectivity index (χ0n) is 15.2. The van der Waals surface area contributed by atoms with Gasteiger partial charge in [0, 0.05) is 11.1 Å². The molecular formula is C24H24F2. The van der Waals surface area contributed by atoms with Crippen LogP contribution in [0.15, 0.2) is 36.4 Å². The van der Waals surface area contributed by atoms with Gasteiger partial charge in [-0.05, 0) is 91.3 Å². The summed E-state index contributed by atoms with van der Waals surface area (Å²) in [5.74, 6) is 6.85. The molecule has 3 unspecified atom stereocenters. The van der Waals surface area contributed by atoms with Crippen molar-refractivity contribution >= 4 is 0 Å². The van der Waals surface area contributed by atoms with Crippen LogP contribution in [0.1, 0.15) is 67.2 Å². The topological polar surface area (TPSA) is 0 Å². The van der Waals surface area contributed by atoms with Crippen LogP contribution in [-0.4, -0.2) is 0 Å². The molecule has 0 heterocycles. The van der Waals surface area contributed by atoms with Gasteiger partial charge in [0.25, 0.3) is 0 Å². The summed E-state index contributed by atoms with van der Waals surface area (Å²) in [5.41, 5.74) is 4.40. The van der Waals surface area contributed by atoms with Crippen molar-refractivity contribution in [3.05, 3.63) is 70.3 Å². The molecule has 26 heavy (non-hydrogen) atoms. The third-order valence-electron chi connectivity index (χ3n) is 6.27. The summed E-state index contributed by atoms with van der Waals surface area (Å²) in [7, 11) is 0. The van der Waals surface area contributed by atoms with E-state index in [1.54, 1.807) is 0 Å². The minimum Gasteiger partial charge on any atom is -0.204 e. The molecule has 1 saturated carbocycles. The Morgan fingerprint density at radius 1 is 0.923 bits per heavy atom. The lowest BCUT2D eigenvalue weighted by Crippen LogP contribution is -2.27. The predicted molar refractivity (Wildman–Crippen MR) is 101 cm³/mol. The molecule has 0 radical (unpaired) electrons. The Labute approximate surface area is 154 Å². The van der Waals surface area contributed by atoms with Crippen molar-refractivity contribution in [2.75, 3.05) is 0 Å². The maximum atomic E-state index is 13.3. The lowest BCUT2D eigenvalue weighted by atomic mass is 9.65. The molecule has 2 aromatic rings. The number of benzene rings is 2. The Hall–Kier alpha value is -2.14. The van der Waals surface area contributed by atoms with Crippen molar-refractivity contribution in [1.82, 2.24) is 0 Å². The number of hydrogen-bond acceptors (Lipinski definition) is 0. The molecule has 0 nitrogen and oxygen atoms in total. The SMILES string of the molecule is CCC1CCC2c3ccc(C#Cc4ccc(F)c(F)c4)cc3CCC2C1. The summed E-state index contributed by atoms with van der Waals surface area (Å²) in [6, 6.07) is 10.3. The molecule has 2 aliphatic carbocycles. The first kappa shape index (κ1) is 17.3. The minimum absolute atomic E-state index is 0.500. The number of aryl methyl sites for hydroxylation is 1. The van der Waals surface area contributed by atoms with E-state index in [0.717, 1.165) is 41.9 Å². The van der Waals surface area contributed by atoms with Crippen LogP contribution in [0.4, 0.5) is 8.78 Å². The predicted octanol–water partition coefficient (Wildman–Crippen LogP) is 6.22. The van der Waals surface area contributed by atoms with Crippen LogP contribution in [0.25, 0.3) is 0 Å². The van der Waals surface area contributed by atoms with Gasteiger partial charge in [-0.2, -0.15) is 0 Å². The van der Waals surface area contributed by atoms with Crippen molar-refractivity contribution < 1.29 is 8.78 Å². The van der Waals surface area contributed by atoms with E-state index in [1.807, 2.05) is 0 Å². The molecule has 0 aromatic heterocycles. The fourth-order valence-electron chi connectivity index (χ4n) is 4.78. The van der Waals surface area contributed by atoms with Crippen LogP contribution in [0.5, 0.6) is 0 Å². The summed E-state index contributed by atoms with van der Waals surface area (Å²) in [5, 5.41) is 0. The van der Waals surface area contributed by atoms with E-state index in [2.05, 4.69) is 37.0 Å². The van der Waals surface area contributed by atoms with Gasteiger partial charge in [-0.3, -0.25) is 0 Å². The molecule has 2 aromatic carbocycles. The third-order valence-corrected chi connectivity index (χ3v) is 6.27. The van der Waals surface area contributed by atoms with Gasteiger partial charge in [-0.25, -0.2) is 8.78 Å². The van der Waals surface area contributed by atoms with Gasteiger partial charge in [0.2, 0.25) is 0 Å². The smallest absolute Gasteiger partial charge is 0.160 e. The van der Waals surface area contributed by atoms with Gasteiger partial charge in [0.1, 0.15) is 0 Å². The monoisotopic (exact) mass is 350 g/mol. The van der Waals surface area contributed by atoms with E-state index < -0.39 is 11.6 Å². The average molecular weight is 350 g/mol. The summed E-state index contributed by atoms with van der Waals surface area (Å²) in [4.78, 5) is 0. The first-order chi connectivity index (χ1) is 12.6. The van der Waals surface area contributed by atoms with Crippen molar-refractivity contribution in [3.8, 4) is 11.8 Å². The van der Waals surface area contributed by atoms with Gasteiger partial charge in [0.15, 0.2) is 11.6 Å². The molecule has 2 aliphatic rings. The molecule has 0 aliphatic heterocycles. The summed E-state index contributed by atoms with van der Waals surface area (Å²) in [6.07, 6.45) is 7.79. The highest BCUT2D eigenvalue weighted by Crippen LogP contribution is 2.47. The molecule has 0 saturated heterocycles. The highest BCUT2D eigenvalue weighted by molar-refractivity contribution is 5.47. The third kappa shape index (κ3) is 3.40. The summed E-state index contributed by atoms with van der Waals surface area (Å²) < 4.78 is 26.3. The first-order valence-electron chi connectivity index (χ1n) is 9.74. The molecule has 2 heteroatoms. The molecule has 0 amide bonds. The quantitative estimate of drug-likeness (QED) is 0.536. The van der Waals surface area contributed by atoms with E-state index in [-0.39, 0.29) is 0 Å². The molecule has 1 fully saturated rings. The zero-order chi connectivity index (χ0) is 18.1.